The standard InChI is InChI=1S/C18H30N2O/c1-16(2)8-10-19-12-14-20(15-13-19)11-9-17-4-6-18(21-3)7-5-17/h4-7,16H,8-15H2,1-3H3. The summed E-state index contributed by atoms with van der Waals surface area (Å²) in [6, 6.07) is 8.47. The first-order valence-corrected chi connectivity index (χ1v) is 8.25. The van der Waals surface area contributed by atoms with E-state index in [4.69, 9.17) is 4.74 Å². The molecule has 1 fully saturated rings. The third-order valence-electron chi connectivity index (χ3n) is 4.36. The summed E-state index contributed by atoms with van der Waals surface area (Å²) in [6.45, 7) is 12.0. The van der Waals surface area contributed by atoms with Gasteiger partial charge in [0.15, 0.2) is 0 Å². The minimum absolute atomic E-state index is 0.818. The molecule has 0 aromatic heterocycles. The van der Waals surface area contributed by atoms with Gasteiger partial charge in [0.1, 0.15) is 5.75 Å². The highest BCUT2D eigenvalue weighted by Gasteiger charge is 2.16. The Morgan fingerprint density at radius 1 is 0.952 bits per heavy atom. The van der Waals surface area contributed by atoms with E-state index in [9.17, 15) is 0 Å². The molecule has 0 radical (unpaired) electrons. The Kier molecular flexibility index (Phi) is 6.52. The minimum Gasteiger partial charge on any atom is -0.497 e. The Hall–Kier alpha value is -1.06. The fourth-order valence-corrected chi connectivity index (χ4v) is 2.76. The van der Waals surface area contributed by atoms with Crippen molar-refractivity contribution >= 4 is 0 Å². The summed E-state index contributed by atoms with van der Waals surface area (Å²) in [5, 5.41) is 0. The lowest BCUT2D eigenvalue weighted by atomic mass is 10.1. The van der Waals surface area contributed by atoms with Crippen LogP contribution in [0.25, 0.3) is 0 Å². The lowest BCUT2D eigenvalue weighted by molar-refractivity contribution is 0.129. The predicted molar refractivity (Wildman–Crippen MR) is 89.0 cm³/mol. The summed E-state index contributed by atoms with van der Waals surface area (Å²) in [6.07, 6.45) is 2.46. The van der Waals surface area contributed by atoms with Crippen molar-refractivity contribution < 1.29 is 4.74 Å². The maximum absolute atomic E-state index is 5.20. The maximum atomic E-state index is 5.20. The van der Waals surface area contributed by atoms with Crippen molar-refractivity contribution in [2.75, 3.05) is 46.4 Å². The van der Waals surface area contributed by atoms with Crippen molar-refractivity contribution in [3.05, 3.63) is 29.8 Å². The Labute approximate surface area is 129 Å². The van der Waals surface area contributed by atoms with Crippen molar-refractivity contribution in [1.29, 1.82) is 0 Å². The first-order valence-electron chi connectivity index (χ1n) is 8.25. The molecule has 21 heavy (non-hydrogen) atoms. The first kappa shape index (κ1) is 16.3. The summed E-state index contributed by atoms with van der Waals surface area (Å²) in [4.78, 5) is 5.21. The van der Waals surface area contributed by atoms with Gasteiger partial charge in [0.2, 0.25) is 0 Å². The second kappa shape index (κ2) is 8.40. The SMILES string of the molecule is COc1ccc(CCN2CCN(CCC(C)C)CC2)cc1. The molecule has 3 heteroatoms. The number of rotatable bonds is 7. The van der Waals surface area contributed by atoms with E-state index in [1.165, 1.54) is 51.3 Å². The zero-order valence-corrected chi connectivity index (χ0v) is 13.8. The monoisotopic (exact) mass is 290 g/mol. The molecular formula is C18H30N2O. The molecule has 1 aromatic rings. The zero-order chi connectivity index (χ0) is 15.1. The van der Waals surface area contributed by atoms with Crippen molar-refractivity contribution in [2.45, 2.75) is 26.7 Å². The maximum Gasteiger partial charge on any atom is 0.118 e. The predicted octanol–water partition coefficient (Wildman–Crippen LogP) is 2.90. The molecule has 0 unspecified atom stereocenters. The molecule has 0 N–H and O–H groups in total. The third-order valence-corrected chi connectivity index (χ3v) is 4.36. The van der Waals surface area contributed by atoms with Crippen LogP contribution in [0.2, 0.25) is 0 Å². The van der Waals surface area contributed by atoms with E-state index in [1.807, 2.05) is 0 Å². The summed E-state index contributed by atoms with van der Waals surface area (Å²) < 4.78 is 5.20. The molecule has 1 saturated heterocycles. The van der Waals surface area contributed by atoms with Crippen LogP contribution in [-0.4, -0.2) is 56.2 Å². The van der Waals surface area contributed by atoms with Crippen molar-refractivity contribution in [1.82, 2.24) is 9.80 Å². The van der Waals surface area contributed by atoms with E-state index in [1.54, 1.807) is 7.11 Å². The van der Waals surface area contributed by atoms with Gasteiger partial charge >= 0.3 is 0 Å². The number of benzene rings is 1. The highest BCUT2D eigenvalue weighted by atomic mass is 16.5. The molecule has 118 valence electrons. The quantitative estimate of drug-likeness (QED) is 0.768. The molecule has 1 aliphatic heterocycles. The van der Waals surface area contributed by atoms with Gasteiger partial charge in [-0.25, -0.2) is 0 Å². The molecule has 3 nitrogen and oxygen atoms in total. The fourth-order valence-electron chi connectivity index (χ4n) is 2.76. The van der Waals surface area contributed by atoms with Gasteiger partial charge in [-0.1, -0.05) is 26.0 Å². The van der Waals surface area contributed by atoms with Gasteiger partial charge in [-0.05, 0) is 43.0 Å². The van der Waals surface area contributed by atoms with Crippen LogP contribution >= 0.6 is 0 Å². The first-order chi connectivity index (χ1) is 10.2. The molecule has 1 heterocycles. The van der Waals surface area contributed by atoms with Crippen molar-refractivity contribution in [2.24, 2.45) is 5.92 Å². The molecule has 0 aliphatic carbocycles. The van der Waals surface area contributed by atoms with Crippen LogP contribution in [-0.2, 0) is 6.42 Å². The largest absolute Gasteiger partial charge is 0.497 e. The highest BCUT2D eigenvalue weighted by molar-refractivity contribution is 5.27. The number of piperazine rings is 1. The van der Waals surface area contributed by atoms with Gasteiger partial charge in [-0.3, -0.25) is 0 Å². The van der Waals surface area contributed by atoms with Crippen LogP contribution in [0.5, 0.6) is 5.75 Å². The summed E-state index contributed by atoms with van der Waals surface area (Å²) >= 11 is 0. The van der Waals surface area contributed by atoms with Crippen molar-refractivity contribution in [3.63, 3.8) is 0 Å². The van der Waals surface area contributed by atoms with E-state index in [-0.39, 0.29) is 0 Å². The Balaban J connectivity index is 1.66. The van der Waals surface area contributed by atoms with Crippen LogP contribution in [0.1, 0.15) is 25.8 Å². The molecule has 0 bridgehead atoms. The second-order valence-electron chi connectivity index (χ2n) is 6.46. The van der Waals surface area contributed by atoms with Crippen molar-refractivity contribution in [3.8, 4) is 5.75 Å². The van der Waals surface area contributed by atoms with Gasteiger partial charge in [0.05, 0.1) is 7.11 Å². The van der Waals surface area contributed by atoms with Crippen LogP contribution in [0, 0.1) is 5.92 Å². The number of ether oxygens (including phenoxy) is 1. The Morgan fingerprint density at radius 2 is 1.52 bits per heavy atom. The average molecular weight is 290 g/mol. The average Bonchev–Trinajstić information content (AvgIpc) is 2.52. The fraction of sp³-hybridized carbons (Fsp3) is 0.667. The van der Waals surface area contributed by atoms with Crippen LogP contribution in [0.15, 0.2) is 24.3 Å². The van der Waals surface area contributed by atoms with E-state index < -0.39 is 0 Å². The Bertz CT molecular complexity index is 394. The van der Waals surface area contributed by atoms with Gasteiger partial charge in [0.25, 0.3) is 0 Å². The third kappa shape index (κ3) is 5.68. The van der Waals surface area contributed by atoms with Gasteiger partial charge < -0.3 is 14.5 Å². The zero-order valence-electron chi connectivity index (χ0n) is 13.8. The number of hydrogen-bond donors (Lipinski definition) is 0. The molecule has 1 aliphatic rings. The topological polar surface area (TPSA) is 15.7 Å². The molecule has 2 rings (SSSR count). The summed E-state index contributed by atoms with van der Waals surface area (Å²) in [7, 11) is 1.72. The number of nitrogens with zero attached hydrogens (tertiary/aromatic N) is 2. The smallest absolute Gasteiger partial charge is 0.118 e. The Morgan fingerprint density at radius 3 is 2.05 bits per heavy atom. The molecular weight excluding hydrogens is 260 g/mol. The second-order valence-corrected chi connectivity index (χ2v) is 6.46. The highest BCUT2D eigenvalue weighted by Crippen LogP contribution is 2.13. The van der Waals surface area contributed by atoms with Crippen LogP contribution in [0.4, 0.5) is 0 Å². The van der Waals surface area contributed by atoms with Crippen LogP contribution in [0.3, 0.4) is 0 Å². The summed E-state index contributed by atoms with van der Waals surface area (Å²) in [5.74, 6) is 1.76. The molecule has 0 spiro atoms. The van der Waals surface area contributed by atoms with Crippen LogP contribution < -0.4 is 4.74 Å². The molecule has 0 amide bonds. The van der Waals surface area contributed by atoms with E-state index in [2.05, 4.69) is 47.9 Å². The van der Waals surface area contributed by atoms with Gasteiger partial charge in [-0.15, -0.1) is 0 Å². The molecule has 0 atom stereocenters. The summed E-state index contributed by atoms with van der Waals surface area (Å²) in [5.41, 5.74) is 1.40. The van der Waals surface area contributed by atoms with Gasteiger partial charge in [-0.2, -0.15) is 0 Å². The van der Waals surface area contributed by atoms with E-state index in [0.29, 0.717) is 0 Å². The lowest BCUT2D eigenvalue weighted by Gasteiger charge is -2.35. The van der Waals surface area contributed by atoms with E-state index >= 15 is 0 Å². The molecule has 0 saturated carbocycles. The van der Waals surface area contributed by atoms with E-state index in [0.717, 1.165) is 18.1 Å². The normalized spacial score (nSPS) is 17.3. The van der Waals surface area contributed by atoms with Gasteiger partial charge in [0, 0.05) is 32.7 Å². The molecule has 1 aromatic carbocycles. The number of hydrogen-bond acceptors (Lipinski definition) is 3. The minimum atomic E-state index is 0.818. The lowest BCUT2D eigenvalue weighted by Crippen LogP contribution is -2.47. The number of methoxy groups -OCH3 is 1.